The van der Waals surface area contributed by atoms with E-state index in [4.69, 9.17) is 0 Å². The third kappa shape index (κ3) is 2.53. The minimum Gasteiger partial charge on any atom is -0.292 e. The first-order valence-electron chi connectivity index (χ1n) is 6.52. The molecule has 2 aromatic rings. The van der Waals surface area contributed by atoms with E-state index in [0.717, 1.165) is 5.56 Å². The molecule has 1 unspecified atom stereocenters. The molecule has 0 bridgehead atoms. The highest BCUT2D eigenvalue weighted by Gasteiger charge is 2.36. The Morgan fingerprint density at radius 3 is 2.52 bits per heavy atom. The molecule has 1 saturated heterocycles. The van der Waals surface area contributed by atoms with Crippen LogP contribution in [0.4, 0.5) is 14.5 Å². The van der Waals surface area contributed by atoms with Gasteiger partial charge in [-0.3, -0.25) is 9.69 Å². The number of para-hydroxylation sites is 1. The number of carbonyl (C=O) groups is 1. The quantitative estimate of drug-likeness (QED) is 0.834. The molecule has 1 heterocycles. The van der Waals surface area contributed by atoms with Gasteiger partial charge in [-0.25, -0.2) is 8.78 Å². The van der Waals surface area contributed by atoms with Gasteiger partial charge in [-0.15, -0.1) is 11.8 Å². The van der Waals surface area contributed by atoms with Crippen LogP contribution in [0.25, 0.3) is 0 Å². The summed E-state index contributed by atoms with van der Waals surface area (Å²) in [6.07, 6.45) is 0. The van der Waals surface area contributed by atoms with Gasteiger partial charge in [0.1, 0.15) is 17.0 Å². The number of benzene rings is 2. The van der Waals surface area contributed by atoms with Crippen molar-refractivity contribution in [1.29, 1.82) is 0 Å². The van der Waals surface area contributed by atoms with Crippen LogP contribution in [0.3, 0.4) is 0 Å². The predicted molar refractivity (Wildman–Crippen MR) is 80.2 cm³/mol. The van der Waals surface area contributed by atoms with Crippen LogP contribution < -0.4 is 4.90 Å². The Morgan fingerprint density at radius 2 is 1.86 bits per heavy atom. The highest BCUT2D eigenvalue weighted by Crippen LogP contribution is 2.43. The Bertz CT molecular complexity index is 667. The van der Waals surface area contributed by atoms with Crippen LogP contribution in [0.5, 0.6) is 0 Å². The second-order valence-corrected chi connectivity index (χ2v) is 5.95. The van der Waals surface area contributed by atoms with Crippen molar-refractivity contribution in [3.63, 3.8) is 0 Å². The van der Waals surface area contributed by atoms with Crippen molar-refractivity contribution in [2.24, 2.45) is 0 Å². The number of thioether (sulfide) groups is 1. The van der Waals surface area contributed by atoms with Crippen LogP contribution in [-0.2, 0) is 4.79 Å². The molecule has 2 aromatic carbocycles. The number of nitrogens with zero attached hydrogens (tertiary/aromatic N) is 1. The second kappa shape index (κ2) is 5.48. The van der Waals surface area contributed by atoms with Gasteiger partial charge in [-0.1, -0.05) is 24.3 Å². The number of anilines is 1. The number of halogens is 2. The van der Waals surface area contributed by atoms with E-state index in [-0.39, 0.29) is 22.9 Å². The van der Waals surface area contributed by atoms with E-state index in [1.807, 2.05) is 0 Å². The van der Waals surface area contributed by atoms with Gasteiger partial charge in [-0.2, -0.15) is 0 Å². The molecule has 1 aliphatic heterocycles. The van der Waals surface area contributed by atoms with Gasteiger partial charge < -0.3 is 0 Å². The number of carbonyl (C=O) groups excluding carboxylic acids is 1. The molecule has 1 atom stereocenters. The SMILES string of the molecule is Cc1cccc(F)c1N1C(=O)CSC1c1ccc(F)cc1. The Morgan fingerprint density at radius 1 is 1.14 bits per heavy atom. The average Bonchev–Trinajstić information content (AvgIpc) is 2.82. The van der Waals surface area contributed by atoms with Gasteiger partial charge in [-0.05, 0) is 36.2 Å². The van der Waals surface area contributed by atoms with Gasteiger partial charge in [0.15, 0.2) is 0 Å². The van der Waals surface area contributed by atoms with Crippen LogP contribution in [0.15, 0.2) is 42.5 Å². The summed E-state index contributed by atoms with van der Waals surface area (Å²) in [4.78, 5) is 13.7. The Balaban J connectivity index is 2.06. The molecule has 0 aromatic heterocycles. The predicted octanol–water partition coefficient (Wildman–Crippen LogP) is 4.05. The molecule has 2 nitrogen and oxygen atoms in total. The maximum atomic E-state index is 14.2. The number of rotatable bonds is 2. The van der Waals surface area contributed by atoms with Crippen LogP contribution in [-0.4, -0.2) is 11.7 Å². The van der Waals surface area contributed by atoms with Crippen LogP contribution in [0.1, 0.15) is 16.5 Å². The molecule has 3 rings (SSSR count). The summed E-state index contributed by atoms with van der Waals surface area (Å²) in [7, 11) is 0. The average molecular weight is 305 g/mol. The van der Waals surface area contributed by atoms with Crippen molar-refractivity contribution < 1.29 is 13.6 Å². The van der Waals surface area contributed by atoms with Gasteiger partial charge in [0.05, 0.1) is 11.4 Å². The first kappa shape index (κ1) is 14.1. The summed E-state index contributed by atoms with van der Waals surface area (Å²) in [6, 6.07) is 10.7. The van der Waals surface area contributed by atoms with Gasteiger partial charge in [0.2, 0.25) is 5.91 Å². The van der Waals surface area contributed by atoms with Gasteiger partial charge in [0.25, 0.3) is 0 Å². The fourth-order valence-corrected chi connectivity index (χ4v) is 3.63. The largest absolute Gasteiger partial charge is 0.292 e. The Hall–Kier alpha value is -1.88. The highest BCUT2D eigenvalue weighted by atomic mass is 32.2. The van der Waals surface area contributed by atoms with E-state index in [1.165, 1.54) is 34.9 Å². The molecule has 21 heavy (non-hydrogen) atoms. The molecular formula is C16H13F2NOS. The Kier molecular flexibility index (Phi) is 3.68. The lowest BCUT2D eigenvalue weighted by molar-refractivity contribution is -0.115. The lowest BCUT2D eigenvalue weighted by Crippen LogP contribution is -2.29. The fourth-order valence-electron chi connectivity index (χ4n) is 2.47. The number of hydrogen-bond acceptors (Lipinski definition) is 2. The molecule has 0 radical (unpaired) electrons. The van der Waals surface area contributed by atoms with E-state index < -0.39 is 5.82 Å². The molecule has 108 valence electrons. The zero-order valence-corrected chi connectivity index (χ0v) is 12.2. The van der Waals surface area contributed by atoms with E-state index in [2.05, 4.69) is 0 Å². The smallest absolute Gasteiger partial charge is 0.238 e. The number of hydrogen-bond donors (Lipinski definition) is 0. The van der Waals surface area contributed by atoms with Crippen molar-refractivity contribution in [2.45, 2.75) is 12.3 Å². The van der Waals surface area contributed by atoms with Crippen molar-refractivity contribution in [1.82, 2.24) is 0 Å². The van der Waals surface area contributed by atoms with E-state index >= 15 is 0 Å². The summed E-state index contributed by atoms with van der Waals surface area (Å²) in [6.45, 7) is 1.77. The van der Waals surface area contributed by atoms with Crippen LogP contribution in [0.2, 0.25) is 0 Å². The summed E-state index contributed by atoms with van der Waals surface area (Å²) in [5.41, 5.74) is 1.80. The zero-order chi connectivity index (χ0) is 15.0. The van der Waals surface area contributed by atoms with Crippen LogP contribution in [0, 0.1) is 18.6 Å². The molecule has 5 heteroatoms. The number of amides is 1. The van der Waals surface area contributed by atoms with Crippen molar-refractivity contribution in [3.8, 4) is 0 Å². The lowest BCUT2D eigenvalue weighted by atomic mass is 10.1. The maximum Gasteiger partial charge on any atom is 0.238 e. The highest BCUT2D eigenvalue weighted by molar-refractivity contribution is 8.00. The van der Waals surface area contributed by atoms with Crippen molar-refractivity contribution >= 4 is 23.4 Å². The summed E-state index contributed by atoms with van der Waals surface area (Å²) >= 11 is 1.42. The first-order chi connectivity index (χ1) is 10.1. The maximum absolute atomic E-state index is 14.2. The van der Waals surface area contributed by atoms with Gasteiger partial charge in [0, 0.05) is 0 Å². The normalized spacial score (nSPS) is 18.3. The molecule has 1 amide bonds. The van der Waals surface area contributed by atoms with Crippen LogP contribution >= 0.6 is 11.8 Å². The molecular weight excluding hydrogens is 292 g/mol. The molecule has 1 fully saturated rings. The monoisotopic (exact) mass is 305 g/mol. The zero-order valence-electron chi connectivity index (χ0n) is 11.3. The van der Waals surface area contributed by atoms with Crippen molar-refractivity contribution in [3.05, 3.63) is 65.2 Å². The summed E-state index contributed by atoms with van der Waals surface area (Å²) in [5.74, 6) is -0.599. The summed E-state index contributed by atoms with van der Waals surface area (Å²) in [5, 5.41) is -0.325. The van der Waals surface area contributed by atoms with E-state index in [9.17, 15) is 13.6 Å². The third-order valence-corrected chi connectivity index (χ3v) is 4.66. The molecule has 0 aliphatic carbocycles. The van der Waals surface area contributed by atoms with E-state index in [1.54, 1.807) is 31.2 Å². The standard InChI is InChI=1S/C16H13F2NOS/c1-10-3-2-4-13(18)15(10)19-14(20)9-21-16(19)11-5-7-12(17)8-6-11/h2-8,16H,9H2,1H3. The second-order valence-electron chi connectivity index (χ2n) is 4.88. The molecule has 0 saturated carbocycles. The molecule has 0 spiro atoms. The van der Waals surface area contributed by atoms with Crippen molar-refractivity contribution in [2.75, 3.05) is 10.7 Å². The van der Waals surface area contributed by atoms with Gasteiger partial charge >= 0.3 is 0 Å². The topological polar surface area (TPSA) is 20.3 Å². The van der Waals surface area contributed by atoms with E-state index in [0.29, 0.717) is 11.3 Å². The first-order valence-corrected chi connectivity index (χ1v) is 7.57. The lowest BCUT2D eigenvalue weighted by Gasteiger charge is -2.26. The molecule has 1 aliphatic rings. The minimum absolute atomic E-state index is 0.137. The summed E-state index contributed by atoms with van der Waals surface area (Å²) < 4.78 is 27.2. The minimum atomic E-state index is -0.419. The Labute approximate surface area is 125 Å². The molecule has 0 N–H and O–H groups in total. The third-order valence-electron chi connectivity index (χ3n) is 3.45. The fraction of sp³-hybridized carbons (Fsp3) is 0.188. The number of aryl methyl sites for hydroxylation is 1.